The van der Waals surface area contributed by atoms with E-state index in [1.807, 2.05) is 13.8 Å². The SMILES string of the molecule is CCC(CC)CN(CC)CC(C)(C)C(=O)OC. The second-order valence-corrected chi connectivity index (χ2v) is 5.39. The van der Waals surface area contributed by atoms with Crippen LogP contribution < -0.4 is 0 Å². The Bertz CT molecular complexity index is 222. The van der Waals surface area contributed by atoms with Gasteiger partial charge in [-0.3, -0.25) is 4.79 Å². The third kappa shape index (κ3) is 5.53. The van der Waals surface area contributed by atoms with Gasteiger partial charge in [-0.05, 0) is 26.3 Å². The lowest BCUT2D eigenvalue weighted by atomic mass is 9.92. The van der Waals surface area contributed by atoms with Crippen LogP contribution in [0.1, 0.15) is 47.5 Å². The number of hydrogen-bond donors (Lipinski definition) is 0. The molecule has 0 saturated heterocycles. The van der Waals surface area contributed by atoms with Crippen molar-refractivity contribution in [2.45, 2.75) is 47.5 Å². The Balaban J connectivity index is 4.43. The summed E-state index contributed by atoms with van der Waals surface area (Å²) >= 11 is 0. The molecule has 0 aromatic rings. The van der Waals surface area contributed by atoms with Gasteiger partial charge in [0.25, 0.3) is 0 Å². The maximum Gasteiger partial charge on any atom is 0.312 e. The quantitative estimate of drug-likeness (QED) is 0.614. The molecule has 0 saturated carbocycles. The number of esters is 1. The predicted molar refractivity (Wildman–Crippen MR) is 72.0 cm³/mol. The van der Waals surface area contributed by atoms with Gasteiger partial charge < -0.3 is 9.64 Å². The minimum Gasteiger partial charge on any atom is -0.469 e. The van der Waals surface area contributed by atoms with Crippen LogP contribution in [0.4, 0.5) is 0 Å². The van der Waals surface area contributed by atoms with Crippen molar-refractivity contribution in [2.24, 2.45) is 11.3 Å². The van der Waals surface area contributed by atoms with E-state index in [1.54, 1.807) is 0 Å². The van der Waals surface area contributed by atoms with Crippen molar-refractivity contribution in [3.63, 3.8) is 0 Å². The highest BCUT2D eigenvalue weighted by Gasteiger charge is 2.31. The van der Waals surface area contributed by atoms with Gasteiger partial charge in [0.1, 0.15) is 0 Å². The Kier molecular flexibility index (Phi) is 7.44. The van der Waals surface area contributed by atoms with E-state index in [-0.39, 0.29) is 5.97 Å². The normalized spacial score (nSPS) is 12.2. The van der Waals surface area contributed by atoms with Crippen molar-refractivity contribution < 1.29 is 9.53 Å². The van der Waals surface area contributed by atoms with E-state index in [1.165, 1.54) is 20.0 Å². The largest absolute Gasteiger partial charge is 0.469 e. The topological polar surface area (TPSA) is 29.5 Å². The molecule has 3 heteroatoms. The number of nitrogens with zero attached hydrogens (tertiary/aromatic N) is 1. The van der Waals surface area contributed by atoms with Crippen LogP contribution in [0.25, 0.3) is 0 Å². The van der Waals surface area contributed by atoms with Gasteiger partial charge in [-0.2, -0.15) is 0 Å². The number of ether oxygens (including phenoxy) is 1. The second kappa shape index (κ2) is 7.70. The summed E-state index contributed by atoms with van der Waals surface area (Å²) < 4.78 is 4.85. The number of carbonyl (C=O) groups is 1. The first-order valence-electron chi connectivity index (χ1n) is 6.71. The summed E-state index contributed by atoms with van der Waals surface area (Å²) in [6.07, 6.45) is 2.40. The van der Waals surface area contributed by atoms with Gasteiger partial charge in [0.15, 0.2) is 0 Å². The number of methoxy groups -OCH3 is 1. The van der Waals surface area contributed by atoms with Crippen molar-refractivity contribution in [3.8, 4) is 0 Å². The maximum atomic E-state index is 11.7. The Morgan fingerprint density at radius 1 is 1.24 bits per heavy atom. The monoisotopic (exact) mass is 243 g/mol. The predicted octanol–water partition coefficient (Wildman–Crippen LogP) is 2.94. The van der Waals surface area contributed by atoms with Crippen molar-refractivity contribution in [1.29, 1.82) is 0 Å². The van der Waals surface area contributed by atoms with E-state index in [0.29, 0.717) is 0 Å². The maximum absolute atomic E-state index is 11.7. The molecule has 3 nitrogen and oxygen atoms in total. The molecule has 0 fully saturated rings. The number of rotatable bonds is 8. The van der Waals surface area contributed by atoms with Crippen LogP contribution in [-0.4, -0.2) is 37.6 Å². The first kappa shape index (κ1) is 16.4. The molecule has 0 aliphatic heterocycles. The Hall–Kier alpha value is -0.570. The summed E-state index contributed by atoms with van der Waals surface area (Å²) in [4.78, 5) is 14.0. The molecule has 0 heterocycles. The standard InChI is InChI=1S/C14H29NO2/c1-7-12(8-2)10-15(9-3)11-14(4,5)13(16)17-6/h12H,7-11H2,1-6H3. The Morgan fingerprint density at radius 3 is 2.12 bits per heavy atom. The molecule has 0 radical (unpaired) electrons. The van der Waals surface area contributed by atoms with Gasteiger partial charge in [-0.1, -0.05) is 33.6 Å². The summed E-state index contributed by atoms with van der Waals surface area (Å²) in [6, 6.07) is 0. The van der Waals surface area contributed by atoms with Crippen LogP contribution in [0.15, 0.2) is 0 Å². The third-order valence-corrected chi connectivity index (χ3v) is 3.48. The minimum atomic E-state index is -0.420. The number of hydrogen-bond acceptors (Lipinski definition) is 3. The molecule has 0 aliphatic rings. The fourth-order valence-corrected chi connectivity index (χ4v) is 2.12. The van der Waals surface area contributed by atoms with Crippen LogP contribution in [0.3, 0.4) is 0 Å². The van der Waals surface area contributed by atoms with Gasteiger partial charge in [0, 0.05) is 13.1 Å². The van der Waals surface area contributed by atoms with E-state index < -0.39 is 5.41 Å². The van der Waals surface area contributed by atoms with Gasteiger partial charge in [0.2, 0.25) is 0 Å². The molecule has 0 rings (SSSR count). The van der Waals surface area contributed by atoms with Crippen molar-refractivity contribution in [3.05, 3.63) is 0 Å². The molecule has 102 valence electrons. The fraction of sp³-hybridized carbons (Fsp3) is 0.929. The average molecular weight is 243 g/mol. The minimum absolute atomic E-state index is 0.125. The Labute approximate surface area is 107 Å². The zero-order valence-corrected chi connectivity index (χ0v) is 12.4. The first-order chi connectivity index (χ1) is 7.91. The summed E-state index contributed by atoms with van der Waals surface area (Å²) in [5.41, 5.74) is -0.420. The van der Waals surface area contributed by atoms with E-state index in [4.69, 9.17) is 4.74 Å². The van der Waals surface area contributed by atoms with Gasteiger partial charge in [-0.15, -0.1) is 0 Å². The third-order valence-electron chi connectivity index (χ3n) is 3.48. The van der Waals surface area contributed by atoms with Gasteiger partial charge >= 0.3 is 5.97 Å². The highest BCUT2D eigenvalue weighted by Crippen LogP contribution is 2.20. The van der Waals surface area contributed by atoms with E-state index in [9.17, 15) is 4.79 Å². The highest BCUT2D eigenvalue weighted by atomic mass is 16.5. The molecular formula is C14H29NO2. The summed E-state index contributed by atoms with van der Waals surface area (Å²) in [6.45, 7) is 13.3. The lowest BCUT2D eigenvalue weighted by molar-refractivity contribution is -0.151. The lowest BCUT2D eigenvalue weighted by Crippen LogP contribution is -2.41. The molecule has 17 heavy (non-hydrogen) atoms. The second-order valence-electron chi connectivity index (χ2n) is 5.39. The molecular weight excluding hydrogens is 214 g/mol. The van der Waals surface area contributed by atoms with Gasteiger partial charge in [-0.25, -0.2) is 0 Å². The first-order valence-corrected chi connectivity index (χ1v) is 6.71. The molecule has 0 bridgehead atoms. The van der Waals surface area contributed by atoms with Crippen molar-refractivity contribution in [1.82, 2.24) is 4.90 Å². The summed E-state index contributed by atoms with van der Waals surface area (Å²) in [5.74, 6) is 0.601. The number of carbonyl (C=O) groups excluding carboxylic acids is 1. The summed E-state index contributed by atoms with van der Waals surface area (Å²) in [5, 5.41) is 0. The molecule has 0 aliphatic carbocycles. The van der Waals surface area contributed by atoms with E-state index in [0.717, 1.165) is 25.6 Å². The molecule has 0 unspecified atom stereocenters. The van der Waals surface area contributed by atoms with Crippen molar-refractivity contribution in [2.75, 3.05) is 26.7 Å². The smallest absolute Gasteiger partial charge is 0.312 e. The molecule has 0 spiro atoms. The molecule has 0 amide bonds. The molecule has 0 aromatic heterocycles. The van der Waals surface area contributed by atoms with Gasteiger partial charge in [0.05, 0.1) is 12.5 Å². The lowest BCUT2D eigenvalue weighted by Gasteiger charge is -2.32. The van der Waals surface area contributed by atoms with Crippen LogP contribution >= 0.6 is 0 Å². The average Bonchev–Trinajstić information content (AvgIpc) is 2.32. The van der Waals surface area contributed by atoms with Crippen LogP contribution in [-0.2, 0) is 9.53 Å². The van der Waals surface area contributed by atoms with Crippen LogP contribution in [0.5, 0.6) is 0 Å². The highest BCUT2D eigenvalue weighted by molar-refractivity contribution is 5.76. The van der Waals surface area contributed by atoms with Crippen LogP contribution in [0, 0.1) is 11.3 Å². The zero-order chi connectivity index (χ0) is 13.5. The van der Waals surface area contributed by atoms with Crippen LogP contribution in [0.2, 0.25) is 0 Å². The molecule has 0 atom stereocenters. The van der Waals surface area contributed by atoms with E-state index >= 15 is 0 Å². The zero-order valence-electron chi connectivity index (χ0n) is 12.4. The van der Waals surface area contributed by atoms with Crippen molar-refractivity contribution >= 4 is 5.97 Å². The molecule has 0 aromatic carbocycles. The molecule has 0 N–H and O–H groups in total. The Morgan fingerprint density at radius 2 is 1.76 bits per heavy atom. The summed E-state index contributed by atoms with van der Waals surface area (Å²) in [7, 11) is 1.46. The van der Waals surface area contributed by atoms with E-state index in [2.05, 4.69) is 25.7 Å². The fourth-order valence-electron chi connectivity index (χ4n) is 2.12.